The molecule has 1 aliphatic carbocycles. The summed E-state index contributed by atoms with van der Waals surface area (Å²) >= 11 is 0. The van der Waals surface area contributed by atoms with Crippen molar-refractivity contribution in [3.8, 4) is 0 Å². The van der Waals surface area contributed by atoms with E-state index in [0.717, 1.165) is 57.8 Å². The highest BCUT2D eigenvalue weighted by atomic mass is 16.6. The highest BCUT2D eigenvalue weighted by molar-refractivity contribution is 5.89. The van der Waals surface area contributed by atoms with E-state index in [1.807, 2.05) is 6.08 Å². The van der Waals surface area contributed by atoms with Crippen LogP contribution in [0.25, 0.3) is 0 Å². The lowest BCUT2D eigenvalue weighted by Gasteiger charge is -2.46. The third-order valence-electron chi connectivity index (χ3n) is 8.80. The standard InChI is InChI=1S/C31H52N2O5/c1-28(2)15-23(16-29(3,4)32-28)37-26(34)21-11-9-20(10-12-21)25-14-13-22(19-36-25)27(35)38-24-17-30(5,6)33-31(7,8)18-24/h13,20-21,23-25,32-33H,9-12,14-19H2,1-8H3. The molecule has 3 fully saturated rings. The Morgan fingerprint density at radius 1 is 0.763 bits per heavy atom. The van der Waals surface area contributed by atoms with Crippen molar-refractivity contribution in [1.82, 2.24) is 10.6 Å². The second kappa shape index (κ2) is 10.9. The first-order valence-corrected chi connectivity index (χ1v) is 14.8. The second-order valence-electron chi connectivity index (χ2n) is 15.1. The molecule has 3 aliphatic heterocycles. The first-order valence-electron chi connectivity index (χ1n) is 14.8. The molecule has 2 N–H and O–H groups in total. The molecule has 0 aromatic carbocycles. The number of rotatable bonds is 5. The zero-order valence-electron chi connectivity index (χ0n) is 25.1. The highest BCUT2D eigenvalue weighted by Crippen LogP contribution is 2.37. The molecule has 0 radical (unpaired) electrons. The summed E-state index contributed by atoms with van der Waals surface area (Å²) in [6.07, 6.45) is 9.64. The molecule has 1 atom stereocenters. The van der Waals surface area contributed by atoms with Gasteiger partial charge < -0.3 is 24.8 Å². The van der Waals surface area contributed by atoms with Crippen LogP contribution in [-0.4, -0.2) is 59.0 Å². The molecule has 0 amide bonds. The van der Waals surface area contributed by atoms with Crippen molar-refractivity contribution in [2.45, 2.75) is 154 Å². The van der Waals surface area contributed by atoms with Gasteiger partial charge in [0, 0.05) is 47.8 Å². The number of hydrogen-bond acceptors (Lipinski definition) is 7. The minimum absolute atomic E-state index is 0.0180. The average molecular weight is 533 g/mol. The third kappa shape index (κ3) is 7.82. The lowest BCUT2D eigenvalue weighted by molar-refractivity contribution is -0.160. The number of piperidine rings is 2. The van der Waals surface area contributed by atoms with Gasteiger partial charge in [-0.25, -0.2) is 4.79 Å². The van der Waals surface area contributed by atoms with Crippen LogP contribution in [0.5, 0.6) is 0 Å². The molecule has 7 heteroatoms. The van der Waals surface area contributed by atoms with Crippen LogP contribution in [0.15, 0.2) is 11.6 Å². The zero-order chi connectivity index (χ0) is 27.9. The zero-order valence-corrected chi connectivity index (χ0v) is 25.1. The van der Waals surface area contributed by atoms with Gasteiger partial charge in [0.25, 0.3) is 0 Å². The molecule has 0 aromatic rings. The summed E-state index contributed by atoms with van der Waals surface area (Å²) in [6.45, 7) is 17.7. The predicted octanol–water partition coefficient (Wildman–Crippen LogP) is 5.21. The van der Waals surface area contributed by atoms with Crippen molar-refractivity contribution in [2.24, 2.45) is 11.8 Å². The van der Waals surface area contributed by atoms with Gasteiger partial charge in [-0.3, -0.25) is 4.79 Å². The Hall–Kier alpha value is -1.44. The Morgan fingerprint density at radius 2 is 1.24 bits per heavy atom. The smallest absolute Gasteiger partial charge is 0.336 e. The van der Waals surface area contributed by atoms with E-state index in [2.05, 4.69) is 66.0 Å². The number of carbonyl (C=O) groups excluding carboxylic acids is 2. The molecule has 4 aliphatic rings. The monoisotopic (exact) mass is 532 g/mol. The van der Waals surface area contributed by atoms with Crippen LogP contribution in [0.2, 0.25) is 0 Å². The highest BCUT2D eigenvalue weighted by Gasteiger charge is 2.42. The summed E-state index contributed by atoms with van der Waals surface area (Å²) in [6, 6.07) is 0. The summed E-state index contributed by atoms with van der Waals surface area (Å²) in [4.78, 5) is 25.9. The molecule has 4 rings (SSSR count). The van der Waals surface area contributed by atoms with Gasteiger partial charge in [0.15, 0.2) is 0 Å². The minimum atomic E-state index is -0.238. The van der Waals surface area contributed by atoms with Gasteiger partial charge in [0.1, 0.15) is 12.2 Å². The number of carbonyl (C=O) groups is 2. The number of nitrogens with one attached hydrogen (secondary N) is 2. The molecule has 0 spiro atoms. The molecule has 0 bridgehead atoms. The van der Waals surface area contributed by atoms with E-state index < -0.39 is 0 Å². The summed E-state index contributed by atoms with van der Waals surface area (Å²) < 4.78 is 18.1. The molecule has 2 saturated heterocycles. The average Bonchev–Trinajstić information content (AvgIpc) is 2.75. The van der Waals surface area contributed by atoms with E-state index in [1.54, 1.807) is 0 Å². The number of ether oxygens (including phenoxy) is 3. The summed E-state index contributed by atoms with van der Waals surface area (Å²) in [5.41, 5.74) is 0.424. The second-order valence-corrected chi connectivity index (χ2v) is 15.1. The number of esters is 2. The Morgan fingerprint density at radius 3 is 1.68 bits per heavy atom. The first kappa shape index (κ1) is 29.5. The minimum Gasteiger partial charge on any atom is -0.462 e. The molecule has 38 heavy (non-hydrogen) atoms. The van der Waals surface area contributed by atoms with Gasteiger partial charge in [-0.1, -0.05) is 6.08 Å². The lowest BCUT2D eigenvalue weighted by Crippen LogP contribution is -2.59. The number of hydrogen-bond donors (Lipinski definition) is 2. The molecule has 216 valence electrons. The fourth-order valence-corrected chi connectivity index (χ4v) is 7.89. The van der Waals surface area contributed by atoms with E-state index >= 15 is 0 Å². The molecule has 3 heterocycles. The maximum Gasteiger partial charge on any atom is 0.336 e. The van der Waals surface area contributed by atoms with Gasteiger partial charge in [-0.2, -0.15) is 0 Å². The van der Waals surface area contributed by atoms with Crippen molar-refractivity contribution in [2.75, 3.05) is 6.61 Å². The quantitative estimate of drug-likeness (QED) is 0.470. The largest absolute Gasteiger partial charge is 0.462 e. The van der Waals surface area contributed by atoms with Crippen LogP contribution in [0.4, 0.5) is 0 Å². The molecule has 0 aromatic heterocycles. The SMILES string of the molecule is CC1(C)CC(OC(=O)C2=CCC(C3CCC(C(=O)OC4CC(C)(C)NC(C)(C)C4)CC3)OC2)CC(C)(C)N1. The van der Waals surface area contributed by atoms with E-state index in [9.17, 15) is 9.59 Å². The van der Waals surface area contributed by atoms with Crippen molar-refractivity contribution in [3.05, 3.63) is 11.6 Å². The lowest BCUT2D eigenvalue weighted by atomic mass is 9.78. The van der Waals surface area contributed by atoms with Crippen molar-refractivity contribution in [1.29, 1.82) is 0 Å². The van der Waals surface area contributed by atoms with Crippen molar-refractivity contribution < 1.29 is 23.8 Å². The van der Waals surface area contributed by atoms with Gasteiger partial charge in [-0.15, -0.1) is 0 Å². The summed E-state index contributed by atoms with van der Waals surface area (Å²) in [5, 5.41) is 7.28. The van der Waals surface area contributed by atoms with Crippen molar-refractivity contribution >= 4 is 11.9 Å². The Labute approximate surface area is 230 Å². The van der Waals surface area contributed by atoms with Gasteiger partial charge in [0.05, 0.1) is 24.2 Å². The normalized spacial score (nSPS) is 33.2. The van der Waals surface area contributed by atoms with Crippen LogP contribution >= 0.6 is 0 Å². The predicted molar refractivity (Wildman–Crippen MR) is 149 cm³/mol. The van der Waals surface area contributed by atoms with Crippen molar-refractivity contribution in [3.63, 3.8) is 0 Å². The molecule has 1 unspecified atom stereocenters. The van der Waals surface area contributed by atoms with Crippen LogP contribution in [0.1, 0.15) is 113 Å². The molecular weight excluding hydrogens is 480 g/mol. The maximum atomic E-state index is 13.0. The van der Waals surface area contributed by atoms with Crippen LogP contribution in [0.3, 0.4) is 0 Å². The summed E-state index contributed by atoms with van der Waals surface area (Å²) in [7, 11) is 0. The van der Waals surface area contributed by atoms with Crippen LogP contribution < -0.4 is 10.6 Å². The first-order chi connectivity index (χ1) is 17.5. The molecule has 7 nitrogen and oxygen atoms in total. The van der Waals surface area contributed by atoms with Crippen LogP contribution in [0, 0.1) is 11.8 Å². The van der Waals surface area contributed by atoms with E-state index in [-0.39, 0.29) is 58.3 Å². The summed E-state index contributed by atoms with van der Waals surface area (Å²) in [5.74, 6) is 0.129. The Balaban J connectivity index is 1.22. The van der Waals surface area contributed by atoms with E-state index in [0.29, 0.717) is 18.1 Å². The Bertz CT molecular complexity index is 881. The topological polar surface area (TPSA) is 85.9 Å². The Kier molecular flexibility index (Phi) is 8.44. The third-order valence-corrected chi connectivity index (χ3v) is 8.80. The van der Waals surface area contributed by atoms with Gasteiger partial charge >= 0.3 is 11.9 Å². The maximum absolute atomic E-state index is 13.0. The van der Waals surface area contributed by atoms with Gasteiger partial charge in [0.2, 0.25) is 0 Å². The van der Waals surface area contributed by atoms with Crippen LogP contribution in [-0.2, 0) is 23.8 Å². The van der Waals surface area contributed by atoms with Gasteiger partial charge in [-0.05, 0) is 93.4 Å². The molecule has 1 saturated carbocycles. The fraction of sp³-hybridized carbons (Fsp3) is 0.871. The van der Waals surface area contributed by atoms with E-state index in [4.69, 9.17) is 14.2 Å². The fourth-order valence-electron chi connectivity index (χ4n) is 7.89. The van der Waals surface area contributed by atoms with E-state index in [1.165, 1.54) is 0 Å². The molecular formula is C31H52N2O5.